The Hall–Kier alpha value is -3.13. The van der Waals surface area contributed by atoms with Gasteiger partial charge >= 0.3 is 5.97 Å². The molecule has 0 radical (unpaired) electrons. The largest absolute Gasteiger partial charge is 0.497 e. The average Bonchev–Trinajstić information content (AvgIpc) is 3.08. The second-order valence-electron chi connectivity index (χ2n) is 6.17. The number of anilines is 1. The molecule has 0 spiro atoms. The molecule has 1 N–H and O–H groups in total. The summed E-state index contributed by atoms with van der Waals surface area (Å²) in [5.74, 6) is -0.202. The fourth-order valence-corrected chi connectivity index (χ4v) is 3.78. The number of amides is 1. The highest BCUT2D eigenvalue weighted by molar-refractivity contribution is 7.22. The summed E-state index contributed by atoms with van der Waals surface area (Å²) in [5.41, 5.74) is 3.26. The van der Waals surface area contributed by atoms with Crippen molar-refractivity contribution in [1.82, 2.24) is 4.98 Å². The van der Waals surface area contributed by atoms with Gasteiger partial charge in [0, 0.05) is 6.07 Å². The molecule has 0 unspecified atom stereocenters. The van der Waals surface area contributed by atoms with Crippen LogP contribution in [-0.4, -0.2) is 37.7 Å². The highest BCUT2D eigenvalue weighted by Gasteiger charge is 2.15. The summed E-state index contributed by atoms with van der Waals surface area (Å²) in [4.78, 5) is 28.8. The standard InChI is InChI=1S/C20H20N2O5S/c1-11-5-12(2)18-16(6-11)28-20(22-18)21-17(23)10-27-19(24)13-7-14(25-3)9-15(8-13)26-4/h5-9H,10H2,1-4H3,(H,21,22,23). The van der Waals surface area contributed by atoms with Gasteiger partial charge in [0.05, 0.1) is 30.0 Å². The highest BCUT2D eigenvalue weighted by Crippen LogP contribution is 2.29. The number of carbonyl (C=O) groups is 2. The van der Waals surface area contributed by atoms with E-state index >= 15 is 0 Å². The van der Waals surface area contributed by atoms with Gasteiger partial charge in [0.25, 0.3) is 5.91 Å². The second kappa shape index (κ2) is 8.26. The van der Waals surface area contributed by atoms with E-state index in [4.69, 9.17) is 14.2 Å². The van der Waals surface area contributed by atoms with Crippen molar-refractivity contribution in [1.29, 1.82) is 0 Å². The molecule has 0 saturated carbocycles. The zero-order valence-corrected chi connectivity index (χ0v) is 16.8. The molecule has 28 heavy (non-hydrogen) atoms. The predicted octanol–water partition coefficient (Wildman–Crippen LogP) is 3.73. The van der Waals surface area contributed by atoms with Crippen LogP contribution in [-0.2, 0) is 9.53 Å². The fraction of sp³-hybridized carbons (Fsp3) is 0.250. The van der Waals surface area contributed by atoms with Gasteiger partial charge in [-0.15, -0.1) is 0 Å². The summed E-state index contributed by atoms with van der Waals surface area (Å²) in [6, 6.07) is 8.73. The molecule has 3 rings (SSSR count). The Balaban J connectivity index is 1.64. The average molecular weight is 400 g/mol. The minimum absolute atomic E-state index is 0.232. The number of aryl methyl sites for hydroxylation is 2. The van der Waals surface area contributed by atoms with Gasteiger partial charge in [0.2, 0.25) is 0 Å². The zero-order valence-electron chi connectivity index (χ0n) is 16.0. The third-order valence-corrected chi connectivity index (χ3v) is 4.92. The molecule has 2 aromatic carbocycles. The van der Waals surface area contributed by atoms with E-state index in [0.717, 1.165) is 21.3 Å². The van der Waals surface area contributed by atoms with Crippen LogP contribution >= 0.6 is 11.3 Å². The van der Waals surface area contributed by atoms with Crippen molar-refractivity contribution >= 4 is 38.6 Å². The Morgan fingerprint density at radius 3 is 2.36 bits per heavy atom. The lowest BCUT2D eigenvalue weighted by Crippen LogP contribution is -2.20. The number of ether oxygens (including phenoxy) is 3. The number of methoxy groups -OCH3 is 2. The smallest absolute Gasteiger partial charge is 0.338 e. The highest BCUT2D eigenvalue weighted by atomic mass is 32.1. The first-order chi connectivity index (χ1) is 13.4. The molecule has 0 atom stereocenters. The number of rotatable bonds is 6. The number of carbonyl (C=O) groups excluding carboxylic acids is 2. The third-order valence-electron chi connectivity index (χ3n) is 4.00. The number of esters is 1. The minimum atomic E-state index is -0.650. The molecule has 7 nitrogen and oxygen atoms in total. The minimum Gasteiger partial charge on any atom is -0.497 e. The molecule has 1 amide bonds. The van der Waals surface area contributed by atoms with Gasteiger partial charge in [0.1, 0.15) is 11.5 Å². The van der Waals surface area contributed by atoms with Crippen molar-refractivity contribution in [3.05, 3.63) is 47.0 Å². The lowest BCUT2D eigenvalue weighted by atomic mass is 10.1. The molecule has 0 aliphatic carbocycles. The topological polar surface area (TPSA) is 86.8 Å². The van der Waals surface area contributed by atoms with Gasteiger partial charge in [-0.1, -0.05) is 17.4 Å². The molecule has 0 fully saturated rings. The normalized spacial score (nSPS) is 10.6. The number of hydrogen-bond donors (Lipinski definition) is 1. The van der Waals surface area contributed by atoms with Gasteiger partial charge in [-0.05, 0) is 43.2 Å². The SMILES string of the molecule is COc1cc(OC)cc(C(=O)OCC(=O)Nc2nc3c(C)cc(C)cc3s2)c1. The van der Waals surface area contributed by atoms with Gasteiger partial charge in [-0.3, -0.25) is 10.1 Å². The van der Waals surface area contributed by atoms with Gasteiger partial charge in [-0.2, -0.15) is 0 Å². The van der Waals surface area contributed by atoms with Gasteiger partial charge in [0.15, 0.2) is 11.7 Å². The molecule has 0 bridgehead atoms. The van der Waals surface area contributed by atoms with Crippen LogP contribution in [0.15, 0.2) is 30.3 Å². The molecule has 0 aliphatic heterocycles. The Labute approximate surface area is 166 Å². The van der Waals surface area contributed by atoms with E-state index in [2.05, 4.69) is 10.3 Å². The van der Waals surface area contributed by atoms with Crippen LogP contribution in [0, 0.1) is 13.8 Å². The molecule has 1 heterocycles. The maximum absolute atomic E-state index is 12.2. The van der Waals surface area contributed by atoms with Crippen molar-refractivity contribution in [2.45, 2.75) is 13.8 Å². The number of nitrogens with zero attached hydrogens (tertiary/aromatic N) is 1. The van der Waals surface area contributed by atoms with Crippen LogP contribution in [0.5, 0.6) is 11.5 Å². The van der Waals surface area contributed by atoms with Crippen LogP contribution in [0.25, 0.3) is 10.2 Å². The number of benzene rings is 2. The first-order valence-corrected chi connectivity index (χ1v) is 9.29. The van der Waals surface area contributed by atoms with Crippen molar-refractivity contribution < 1.29 is 23.8 Å². The van der Waals surface area contributed by atoms with E-state index < -0.39 is 18.5 Å². The molecule has 3 aromatic rings. The number of fused-ring (bicyclic) bond motifs is 1. The van der Waals surface area contributed by atoms with E-state index in [0.29, 0.717) is 16.6 Å². The van der Waals surface area contributed by atoms with E-state index in [9.17, 15) is 9.59 Å². The summed E-state index contributed by atoms with van der Waals surface area (Å²) in [5, 5.41) is 3.14. The first-order valence-electron chi connectivity index (χ1n) is 8.47. The van der Waals surface area contributed by atoms with E-state index in [1.54, 1.807) is 6.07 Å². The molecule has 1 aromatic heterocycles. The molecule has 0 saturated heterocycles. The van der Waals surface area contributed by atoms with Crippen molar-refractivity contribution in [2.75, 3.05) is 26.1 Å². The van der Waals surface area contributed by atoms with Gasteiger partial charge in [-0.25, -0.2) is 9.78 Å². The maximum Gasteiger partial charge on any atom is 0.338 e. The lowest BCUT2D eigenvalue weighted by Gasteiger charge is -2.08. The number of nitrogens with one attached hydrogen (secondary N) is 1. The molecular weight excluding hydrogens is 380 g/mol. The van der Waals surface area contributed by atoms with Crippen LogP contribution < -0.4 is 14.8 Å². The molecule has 146 valence electrons. The van der Waals surface area contributed by atoms with E-state index in [1.807, 2.05) is 26.0 Å². The van der Waals surface area contributed by atoms with E-state index in [-0.39, 0.29) is 5.56 Å². The van der Waals surface area contributed by atoms with Crippen molar-refractivity contribution in [3.8, 4) is 11.5 Å². The van der Waals surface area contributed by atoms with Crippen molar-refractivity contribution in [2.24, 2.45) is 0 Å². The summed E-state index contributed by atoms with van der Waals surface area (Å²) in [6.07, 6.45) is 0. The Kier molecular flexibility index (Phi) is 5.79. The Morgan fingerprint density at radius 1 is 1.04 bits per heavy atom. The first kappa shape index (κ1) is 19.6. The van der Waals surface area contributed by atoms with Crippen molar-refractivity contribution in [3.63, 3.8) is 0 Å². The zero-order chi connectivity index (χ0) is 20.3. The van der Waals surface area contributed by atoms with Gasteiger partial charge < -0.3 is 14.2 Å². The van der Waals surface area contributed by atoms with Crippen LogP contribution in [0.4, 0.5) is 5.13 Å². The quantitative estimate of drug-likeness (QED) is 0.635. The number of hydrogen-bond acceptors (Lipinski definition) is 7. The summed E-state index contributed by atoms with van der Waals surface area (Å²) < 4.78 is 16.3. The second-order valence-corrected chi connectivity index (χ2v) is 7.20. The molecule has 8 heteroatoms. The summed E-state index contributed by atoms with van der Waals surface area (Å²) in [6.45, 7) is 3.56. The molecular formula is C20H20N2O5S. The van der Waals surface area contributed by atoms with Crippen LogP contribution in [0.3, 0.4) is 0 Å². The summed E-state index contributed by atoms with van der Waals surface area (Å²) in [7, 11) is 2.97. The van der Waals surface area contributed by atoms with Crippen LogP contribution in [0.2, 0.25) is 0 Å². The fourth-order valence-electron chi connectivity index (χ4n) is 2.72. The maximum atomic E-state index is 12.2. The van der Waals surface area contributed by atoms with E-state index in [1.165, 1.54) is 37.7 Å². The molecule has 0 aliphatic rings. The predicted molar refractivity (Wildman–Crippen MR) is 108 cm³/mol. The lowest BCUT2D eigenvalue weighted by molar-refractivity contribution is -0.119. The summed E-state index contributed by atoms with van der Waals surface area (Å²) >= 11 is 1.38. The number of thiazole rings is 1. The van der Waals surface area contributed by atoms with Crippen LogP contribution in [0.1, 0.15) is 21.5 Å². The third kappa shape index (κ3) is 4.40. The Morgan fingerprint density at radius 2 is 1.71 bits per heavy atom. The number of aromatic nitrogens is 1. The monoisotopic (exact) mass is 400 g/mol. The Bertz CT molecular complexity index is 1020.